The van der Waals surface area contributed by atoms with E-state index in [9.17, 15) is 4.79 Å². The third-order valence-electron chi connectivity index (χ3n) is 3.55. The summed E-state index contributed by atoms with van der Waals surface area (Å²) >= 11 is 0. The maximum absolute atomic E-state index is 11.5. The molecule has 1 unspecified atom stereocenters. The van der Waals surface area contributed by atoms with Crippen LogP contribution < -0.4 is 5.32 Å². The van der Waals surface area contributed by atoms with Crippen LogP contribution in [0.2, 0.25) is 0 Å². The number of amides is 1. The van der Waals surface area contributed by atoms with Crippen molar-refractivity contribution in [1.82, 2.24) is 15.1 Å². The van der Waals surface area contributed by atoms with Gasteiger partial charge in [-0.3, -0.25) is 4.79 Å². The number of benzene rings is 1. The minimum Gasteiger partial charge on any atom is -0.363 e. The van der Waals surface area contributed by atoms with E-state index in [1.54, 1.807) is 4.90 Å². The molecule has 98 valence electrons. The third-order valence-corrected chi connectivity index (χ3v) is 3.55. The van der Waals surface area contributed by atoms with Gasteiger partial charge in [-0.05, 0) is 6.92 Å². The summed E-state index contributed by atoms with van der Waals surface area (Å²) in [5.41, 5.74) is 0.917. The Bertz CT molecular complexity index is 640. The predicted molar refractivity (Wildman–Crippen MR) is 73.9 cm³/mol. The summed E-state index contributed by atoms with van der Waals surface area (Å²) < 4.78 is 0. The number of hydrogen-bond donors (Lipinski definition) is 1. The zero-order chi connectivity index (χ0) is 13.4. The molecule has 1 aromatic carbocycles. The molecule has 1 saturated heterocycles. The number of carbonyl (C=O) groups is 1. The monoisotopic (exact) mass is 256 g/mol. The van der Waals surface area contributed by atoms with E-state index in [0.717, 1.165) is 22.3 Å². The molecule has 1 aromatic heterocycles. The number of carbonyl (C=O) groups excluding carboxylic acids is 1. The number of anilines is 1. The Morgan fingerprint density at radius 1 is 1.26 bits per heavy atom. The van der Waals surface area contributed by atoms with E-state index in [4.69, 9.17) is 0 Å². The lowest BCUT2D eigenvalue weighted by atomic mass is 10.1. The zero-order valence-corrected chi connectivity index (χ0v) is 11.1. The molecule has 2 heterocycles. The van der Waals surface area contributed by atoms with Crippen LogP contribution in [0.5, 0.6) is 0 Å². The Labute approximate surface area is 111 Å². The topological polar surface area (TPSA) is 58.1 Å². The smallest absolute Gasteiger partial charge is 0.224 e. The molecule has 0 aliphatic carbocycles. The van der Waals surface area contributed by atoms with Crippen molar-refractivity contribution < 1.29 is 4.79 Å². The van der Waals surface area contributed by atoms with Crippen LogP contribution in [-0.4, -0.2) is 40.6 Å². The van der Waals surface area contributed by atoms with Gasteiger partial charge in [0, 0.05) is 30.8 Å². The van der Waals surface area contributed by atoms with Crippen LogP contribution in [0.15, 0.2) is 24.3 Å². The number of nitrogens with one attached hydrogen (secondary N) is 1. The predicted octanol–water partition coefficient (Wildman–Crippen LogP) is 1.58. The van der Waals surface area contributed by atoms with Crippen LogP contribution in [0.25, 0.3) is 10.8 Å². The highest BCUT2D eigenvalue weighted by atomic mass is 16.2. The SMILES string of the molecule is Cc1nnc(NC2CC(=O)N(C)C2)c2ccccc12. The maximum atomic E-state index is 11.5. The van der Waals surface area contributed by atoms with Gasteiger partial charge in [-0.15, -0.1) is 5.10 Å². The second-order valence-electron chi connectivity index (χ2n) is 5.00. The van der Waals surface area contributed by atoms with Crippen molar-refractivity contribution in [2.75, 3.05) is 18.9 Å². The fourth-order valence-electron chi connectivity index (χ4n) is 2.50. The number of nitrogens with zero attached hydrogens (tertiary/aromatic N) is 3. The fraction of sp³-hybridized carbons (Fsp3) is 0.357. The first kappa shape index (κ1) is 11.9. The fourth-order valence-corrected chi connectivity index (χ4v) is 2.50. The maximum Gasteiger partial charge on any atom is 0.224 e. The molecule has 19 heavy (non-hydrogen) atoms. The number of likely N-dealkylation sites (tertiary alicyclic amines) is 1. The molecule has 5 nitrogen and oxygen atoms in total. The van der Waals surface area contributed by atoms with E-state index in [-0.39, 0.29) is 11.9 Å². The molecule has 2 aromatic rings. The molecule has 1 aliphatic heterocycles. The van der Waals surface area contributed by atoms with Gasteiger partial charge < -0.3 is 10.2 Å². The number of rotatable bonds is 2. The van der Waals surface area contributed by atoms with Crippen LogP contribution in [0.3, 0.4) is 0 Å². The summed E-state index contributed by atoms with van der Waals surface area (Å²) in [6, 6.07) is 8.16. The molecule has 1 fully saturated rings. The molecule has 0 spiro atoms. The van der Waals surface area contributed by atoms with Crippen LogP contribution in [0.1, 0.15) is 12.1 Å². The Balaban J connectivity index is 1.94. The Kier molecular flexibility index (Phi) is 2.81. The first-order valence-electron chi connectivity index (χ1n) is 6.37. The van der Waals surface area contributed by atoms with Crippen molar-refractivity contribution in [2.45, 2.75) is 19.4 Å². The van der Waals surface area contributed by atoms with E-state index in [2.05, 4.69) is 15.5 Å². The van der Waals surface area contributed by atoms with Crippen molar-refractivity contribution in [1.29, 1.82) is 0 Å². The number of likely N-dealkylation sites (N-methyl/N-ethyl adjacent to an activating group) is 1. The summed E-state index contributed by atoms with van der Waals surface area (Å²) in [6.07, 6.45) is 0.514. The molecule has 0 saturated carbocycles. The van der Waals surface area contributed by atoms with Gasteiger partial charge in [-0.2, -0.15) is 5.10 Å². The van der Waals surface area contributed by atoms with E-state index in [0.29, 0.717) is 13.0 Å². The van der Waals surface area contributed by atoms with Crippen molar-refractivity contribution >= 4 is 22.5 Å². The number of hydrogen-bond acceptors (Lipinski definition) is 4. The van der Waals surface area contributed by atoms with E-state index in [1.165, 1.54) is 0 Å². The first-order valence-corrected chi connectivity index (χ1v) is 6.37. The van der Waals surface area contributed by atoms with Gasteiger partial charge in [0.15, 0.2) is 5.82 Å². The minimum atomic E-state index is 0.109. The normalized spacial score (nSPS) is 19.2. The van der Waals surface area contributed by atoms with Gasteiger partial charge in [0.25, 0.3) is 0 Å². The van der Waals surface area contributed by atoms with E-state index >= 15 is 0 Å². The average molecular weight is 256 g/mol. The molecule has 1 aliphatic rings. The highest BCUT2D eigenvalue weighted by Crippen LogP contribution is 2.24. The molecule has 3 rings (SSSR count). The zero-order valence-electron chi connectivity index (χ0n) is 11.1. The highest BCUT2D eigenvalue weighted by Gasteiger charge is 2.27. The molecule has 1 atom stereocenters. The van der Waals surface area contributed by atoms with Crippen LogP contribution in [0, 0.1) is 6.92 Å². The lowest BCUT2D eigenvalue weighted by Crippen LogP contribution is -2.24. The number of fused-ring (bicyclic) bond motifs is 1. The molecular weight excluding hydrogens is 240 g/mol. The second-order valence-corrected chi connectivity index (χ2v) is 5.00. The van der Waals surface area contributed by atoms with Gasteiger partial charge in [0.2, 0.25) is 5.91 Å². The van der Waals surface area contributed by atoms with E-state index < -0.39 is 0 Å². The molecule has 5 heteroatoms. The summed E-state index contributed by atoms with van der Waals surface area (Å²) in [7, 11) is 1.82. The lowest BCUT2D eigenvalue weighted by molar-refractivity contribution is -0.126. The molecule has 0 radical (unpaired) electrons. The Morgan fingerprint density at radius 2 is 2.00 bits per heavy atom. The van der Waals surface area contributed by atoms with Crippen molar-refractivity contribution in [2.24, 2.45) is 0 Å². The first-order chi connectivity index (χ1) is 9.15. The number of aryl methyl sites for hydroxylation is 1. The minimum absolute atomic E-state index is 0.109. The van der Waals surface area contributed by atoms with Gasteiger partial charge in [-0.25, -0.2) is 0 Å². The van der Waals surface area contributed by atoms with Gasteiger partial charge in [0.1, 0.15) is 0 Å². The lowest BCUT2D eigenvalue weighted by Gasteiger charge is -2.14. The van der Waals surface area contributed by atoms with Crippen LogP contribution >= 0.6 is 0 Å². The van der Waals surface area contributed by atoms with Gasteiger partial charge in [-0.1, -0.05) is 24.3 Å². The Morgan fingerprint density at radius 3 is 2.68 bits per heavy atom. The summed E-state index contributed by atoms with van der Waals surface area (Å²) in [4.78, 5) is 13.3. The van der Waals surface area contributed by atoms with Crippen molar-refractivity contribution in [3.8, 4) is 0 Å². The summed E-state index contributed by atoms with van der Waals surface area (Å²) in [6.45, 7) is 2.66. The summed E-state index contributed by atoms with van der Waals surface area (Å²) in [5, 5.41) is 13.9. The van der Waals surface area contributed by atoms with E-state index in [1.807, 2.05) is 38.2 Å². The quantitative estimate of drug-likeness (QED) is 0.886. The molecular formula is C14H16N4O. The van der Waals surface area contributed by atoms with Crippen LogP contribution in [-0.2, 0) is 4.79 Å². The standard InChI is InChI=1S/C14H16N4O/c1-9-11-5-3-4-6-12(11)14(17-16-9)15-10-7-13(19)18(2)8-10/h3-6,10H,7-8H2,1-2H3,(H,15,17). The third kappa shape index (κ3) is 2.12. The molecule has 1 amide bonds. The average Bonchev–Trinajstić information content (AvgIpc) is 2.72. The molecule has 1 N–H and O–H groups in total. The largest absolute Gasteiger partial charge is 0.363 e. The second kappa shape index (κ2) is 4.50. The van der Waals surface area contributed by atoms with Gasteiger partial charge in [0.05, 0.1) is 11.7 Å². The molecule has 0 bridgehead atoms. The van der Waals surface area contributed by atoms with Gasteiger partial charge >= 0.3 is 0 Å². The number of aromatic nitrogens is 2. The van der Waals surface area contributed by atoms with Crippen molar-refractivity contribution in [3.05, 3.63) is 30.0 Å². The Hall–Kier alpha value is -2.17. The van der Waals surface area contributed by atoms with Crippen LogP contribution in [0.4, 0.5) is 5.82 Å². The highest BCUT2D eigenvalue weighted by molar-refractivity contribution is 5.93. The summed E-state index contributed by atoms with van der Waals surface area (Å²) in [5.74, 6) is 0.927. The van der Waals surface area contributed by atoms with Crippen molar-refractivity contribution in [3.63, 3.8) is 0 Å².